The summed E-state index contributed by atoms with van der Waals surface area (Å²) in [5.41, 5.74) is -1.53. The maximum absolute atomic E-state index is 11.5. The van der Waals surface area contributed by atoms with E-state index in [0.717, 1.165) is 12.8 Å². The average Bonchev–Trinajstić information content (AvgIpc) is 2.84. The van der Waals surface area contributed by atoms with Crippen molar-refractivity contribution in [1.29, 1.82) is 0 Å². The van der Waals surface area contributed by atoms with Gasteiger partial charge in [0.25, 0.3) is 0 Å². The third kappa shape index (κ3) is 2.92. The highest BCUT2D eigenvalue weighted by Crippen LogP contribution is 2.35. The van der Waals surface area contributed by atoms with Gasteiger partial charge in [0.15, 0.2) is 0 Å². The molecule has 1 saturated carbocycles. The summed E-state index contributed by atoms with van der Waals surface area (Å²) in [6.07, 6.45) is 1.47. The van der Waals surface area contributed by atoms with E-state index < -0.39 is 16.9 Å². The minimum atomic E-state index is -1.06. The van der Waals surface area contributed by atoms with Crippen LogP contribution in [0.3, 0.4) is 0 Å². The lowest BCUT2D eigenvalue weighted by Gasteiger charge is -2.21. The van der Waals surface area contributed by atoms with Crippen LogP contribution in [0, 0.1) is 5.41 Å². The van der Waals surface area contributed by atoms with Crippen molar-refractivity contribution in [2.24, 2.45) is 5.41 Å². The van der Waals surface area contributed by atoms with E-state index in [4.69, 9.17) is 10.2 Å². The second kappa shape index (κ2) is 3.81. The van der Waals surface area contributed by atoms with Crippen LogP contribution in [-0.4, -0.2) is 34.2 Å². The van der Waals surface area contributed by atoms with Crippen molar-refractivity contribution < 1.29 is 19.8 Å². The molecule has 0 aliphatic heterocycles. The summed E-state index contributed by atoms with van der Waals surface area (Å²) in [6.45, 7) is 2.94. The molecule has 0 aromatic rings. The Morgan fingerprint density at radius 1 is 1.40 bits per heavy atom. The van der Waals surface area contributed by atoms with Gasteiger partial charge in [-0.1, -0.05) is 0 Å². The number of carboxylic acid groups (broad SMARTS) is 1. The number of rotatable bonds is 5. The van der Waals surface area contributed by atoms with Gasteiger partial charge in [0.2, 0.25) is 5.91 Å². The Labute approximate surface area is 88.5 Å². The molecule has 0 bridgehead atoms. The van der Waals surface area contributed by atoms with E-state index in [1.807, 2.05) is 0 Å². The fourth-order valence-electron chi connectivity index (χ4n) is 1.29. The molecule has 0 aromatic carbocycles. The Morgan fingerprint density at radius 3 is 2.27 bits per heavy atom. The Morgan fingerprint density at radius 2 is 1.93 bits per heavy atom. The van der Waals surface area contributed by atoms with Gasteiger partial charge in [0, 0.05) is 6.42 Å². The second-order valence-corrected chi connectivity index (χ2v) is 4.85. The van der Waals surface area contributed by atoms with E-state index in [1.165, 1.54) is 13.8 Å². The third-order valence-corrected chi connectivity index (χ3v) is 2.74. The number of carbonyl (C=O) groups is 2. The lowest BCUT2D eigenvalue weighted by Crippen LogP contribution is -2.42. The number of aliphatic hydroxyl groups is 1. The molecule has 0 saturated heterocycles. The first-order valence-corrected chi connectivity index (χ1v) is 4.97. The fraction of sp³-hybridized carbons (Fsp3) is 0.800. The van der Waals surface area contributed by atoms with E-state index >= 15 is 0 Å². The average molecular weight is 215 g/mol. The van der Waals surface area contributed by atoms with Crippen LogP contribution in [0.25, 0.3) is 0 Å². The standard InChI is InChI=1S/C10H17NO4/c1-9(2,8(14)15)5-7(13)11-10(6-12)3-4-10/h12H,3-6H2,1-2H3,(H,11,13)(H,14,15). The lowest BCUT2D eigenvalue weighted by atomic mass is 9.89. The highest BCUT2D eigenvalue weighted by molar-refractivity contribution is 5.85. The van der Waals surface area contributed by atoms with Gasteiger partial charge >= 0.3 is 5.97 Å². The van der Waals surface area contributed by atoms with Gasteiger partial charge in [-0.15, -0.1) is 0 Å². The molecule has 0 aromatic heterocycles. The number of nitrogens with one attached hydrogen (secondary N) is 1. The van der Waals surface area contributed by atoms with Crippen molar-refractivity contribution in [2.45, 2.75) is 38.6 Å². The summed E-state index contributed by atoms with van der Waals surface area (Å²) in [4.78, 5) is 22.3. The smallest absolute Gasteiger partial charge is 0.309 e. The molecule has 5 heteroatoms. The molecule has 0 radical (unpaired) electrons. The summed E-state index contributed by atoms with van der Waals surface area (Å²) < 4.78 is 0. The Hall–Kier alpha value is -1.10. The zero-order valence-electron chi connectivity index (χ0n) is 9.04. The van der Waals surface area contributed by atoms with Crippen LogP contribution in [0.4, 0.5) is 0 Å². The number of amides is 1. The van der Waals surface area contributed by atoms with Crippen molar-refractivity contribution in [1.82, 2.24) is 5.32 Å². The van der Waals surface area contributed by atoms with Crippen LogP contribution in [0.2, 0.25) is 0 Å². The van der Waals surface area contributed by atoms with Gasteiger partial charge in [0.1, 0.15) is 0 Å². The Kier molecular flexibility index (Phi) is 3.04. The molecule has 15 heavy (non-hydrogen) atoms. The quantitative estimate of drug-likeness (QED) is 0.608. The number of carboxylic acids is 1. The number of carbonyl (C=O) groups excluding carboxylic acids is 1. The minimum absolute atomic E-state index is 0.0654. The first-order chi connectivity index (χ1) is 6.81. The summed E-state index contributed by atoms with van der Waals surface area (Å²) in [5, 5.41) is 20.5. The van der Waals surface area contributed by atoms with Crippen LogP contribution in [0.1, 0.15) is 33.1 Å². The monoisotopic (exact) mass is 215 g/mol. The fourth-order valence-corrected chi connectivity index (χ4v) is 1.29. The second-order valence-electron chi connectivity index (χ2n) is 4.85. The largest absolute Gasteiger partial charge is 0.481 e. The predicted molar refractivity (Wildman–Crippen MR) is 53.2 cm³/mol. The highest BCUT2D eigenvalue weighted by atomic mass is 16.4. The molecule has 0 spiro atoms. The molecule has 1 aliphatic rings. The van der Waals surface area contributed by atoms with E-state index in [9.17, 15) is 9.59 Å². The van der Waals surface area contributed by atoms with Crippen LogP contribution in [-0.2, 0) is 9.59 Å². The predicted octanol–water partition coefficient (Wildman–Crippen LogP) is 0.128. The van der Waals surface area contributed by atoms with E-state index in [1.54, 1.807) is 0 Å². The number of hydrogen-bond acceptors (Lipinski definition) is 3. The van der Waals surface area contributed by atoms with E-state index in [0.29, 0.717) is 0 Å². The minimum Gasteiger partial charge on any atom is -0.481 e. The van der Waals surface area contributed by atoms with E-state index in [-0.39, 0.29) is 18.9 Å². The van der Waals surface area contributed by atoms with Crippen molar-refractivity contribution in [3.63, 3.8) is 0 Å². The topological polar surface area (TPSA) is 86.6 Å². The van der Waals surface area contributed by atoms with Gasteiger partial charge in [-0.05, 0) is 26.7 Å². The molecule has 0 atom stereocenters. The zero-order valence-corrected chi connectivity index (χ0v) is 9.04. The van der Waals surface area contributed by atoms with Gasteiger partial charge in [-0.3, -0.25) is 9.59 Å². The molecule has 86 valence electrons. The molecule has 1 amide bonds. The highest BCUT2D eigenvalue weighted by Gasteiger charge is 2.44. The van der Waals surface area contributed by atoms with Gasteiger partial charge in [-0.25, -0.2) is 0 Å². The van der Waals surface area contributed by atoms with Crippen molar-refractivity contribution >= 4 is 11.9 Å². The van der Waals surface area contributed by atoms with E-state index in [2.05, 4.69) is 5.32 Å². The maximum Gasteiger partial charge on any atom is 0.309 e. The summed E-state index contributed by atoms with van der Waals surface area (Å²) in [5.74, 6) is -1.31. The van der Waals surface area contributed by atoms with Crippen molar-refractivity contribution in [2.75, 3.05) is 6.61 Å². The number of aliphatic hydroxyl groups excluding tert-OH is 1. The van der Waals surface area contributed by atoms with Gasteiger partial charge in [0.05, 0.1) is 17.6 Å². The van der Waals surface area contributed by atoms with Gasteiger partial charge < -0.3 is 15.5 Å². The van der Waals surface area contributed by atoms with Crippen LogP contribution < -0.4 is 5.32 Å². The summed E-state index contributed by atoms with van der Waals surface area (Å²) >= 11 is 0. The lowest BCUT2D eigenvalue weighted by molar-refractivity contribution is -0.149. The first kappa shape index (κ1) is 12.0. The summed E-state index contributed by atoms with van der Waals surface area (Å²) in [7, 11) is 0. The molecule has 0 heterocycles. The normalized spacial score (nSPS) is 18.3. The van der Waals surface area contributed by atoms with Crippen LogP contribution >= 0.6 is 0 Å². The zero-order chi connectivity index (χ0) is 11.7. The molecular formula is C10H17NO4. The van der Waals surface area contributed by atoms with Crippen molar-refractivity contribution in [3.05, 3.63) is 0 Å². The maximum atomic E-state index is 11.5. The Bertz CT molecular complexity index is 281. The molecule has 1 aliphatic carbocycles. The molecule has 5 nitrogen and oxygen atoms in total. The third-order valence-electron chi connectivity index (χ3n) is 2.74. The molecule has 0 unspecified atom stereocenters. The SMILES string of the molecule is CC(C)(CC(=O)NC1(CO)CC1)C(=O)O. The molecular weight excluding hydrogens is 198 g/mol. The van der Waals surface area contributed by atoms with Gasteiger partial charge in [-0.2, -0.15) is 0 Å². The number of hydrogen-bond donors (Lipinski definition) is 3. The van der Waals surface area contributed by atoms with Crippen LogP contribution in [0.15, 0.2) is 0 Å². The molecule has 3 N–H and O–H groups in total. The molecule has 1 rings (SSSR count). The van der Waals surface area contributed by atoms with Crippen LogP contribution in [0.5, 0.6) is 0 Å². The summed E-state index contributed by atoms with van der Waals surface area (Å²) in [6, 6.07) is 0. The number of aliphatic carboxylic acids is 1. The van der Waals surface area contributed by atoms with Crippen molar-refractivity contribution in [3.8, 4) is 0 Å². The first-order valence-electron chi connectivity index (χ1n) is 4.97. The molecule has 1 fully saturated rings. The Balaban J connectivity index is 2.46.